The van der Waals surface area contributed by atoms with E-state index in [-0.39, 0.29) is 10.9 Å². The fraction of sp³-hybridized carbons (Fsp3) is 0.278. The summed E-state index contributed by atoms with van der Waals surface area (Å²) in [6, 6.07) is 10.7. The molecule has 0 bridgehead atoms. The minimum absolute atomic E-state index is 0.0909. The number of sulfonamides is 1. The minimum atomic E-state index is -3.55. The second kappa shape index (κ2) is 7.32. The number of aromatic nitrogens is 2. The molecule has 1 aliphatic rings. The summed E-state index contributed by atoms with van der Waals surface area (Å²) in [5, 5.41) is 8.27. The maximum absolute atomic E-state index is 12.7. The summed E-state index contributed by atoms with van der Waals surface area (Å²) < 4.78 is 29.8. The molecule has 3 aromatic rings. The molecule has 4 rings (SSSR count). The van der Waals surface area contributed by atoms with E-state index in [0.29, 0.717) is 6.54 Å². The van der Waals surface area contributed by atoms with Crippen molar-refractivity contribution in [3.63, 3.8) is 0 Å². The molecule has 1 aromatic carbocycles. The lowest BCUT2D eigenvalue weighted by atomic mass is 10.1. The highest BCUT2D eigenvalue weighted by Crippen LogP contribution is 2.27. The molecule has 0 amide bonds. The lowest BCUT2D eigenvalue weighted by molar-refractivity contribution is 0.120. The second-order valence-electron chi connectivity index (χ2n) is 6.26. The van der Waals surface area contributed by atoms with Crippen LogP contribution < -0.4 is 4.72 Å². The van der Waals surface area contributed by atoms with Gasteiger partial charge in [0.2, 0.25) is 10.0 Å². The van der Waals surface area contributed by atoms with Crippen LogP contribution in [0.1, 0.15) is 18.0 Å². The summed E-state index contributed by atoms with van der Waals surface area (Å²) in [5.74, 6) is 0. The van der Waals surface area contributed by atoms with Crippen LogP contribution in [0.2, 0.25) is 0 Å². The van der Waals surface area contributed by atoms with Gasteiger partial charge >= 0.3 is 0 Å². The van der Waals surface area contributed by atoms with Crippen LogP contribution in [0.15, 0.2) is 64.4 Å². The number of likely N-dealkylation sites (tertiary alicyclic amines) is 1. The summed E-state index contributed by atoms with van der Waals surface area (Å²) in [6.45, 7) is 2.40. The van der Waals surface area contributed by atoms with Gasteiger partial charge in [0.1, 0.15) is 0 Å². The summed E-state index contributed by atoms with van der Waals surface area (Å²) >= 11 is 1.64. The summed E-state index contributed by atoms with van der Waals surface area (Å²) in [7, 11) is -3.55. The molecule has 0 saturated carbocycles. The third kappa shape index (κ3) is 3.59. The molecule has 0 aliphatic carbocycles. The molecule has 8 heteroatoms. The Bertz CT molecular complexity index is 932. The van der Waals surface area contributed by atoms with Crippen LogP contribution >= 0.6 is 11.3 Å². The zero-order valence-electron chi connectivity index (χ0n) is 14.2. The molecular weight excluding hydrogens is 368 g/mol. The van der Waals surface area contributed by atoms with Crippen LogP contribution in [0.5, 0.6) is 0 Å². The predicted molar refractivity (Wildman–Crippen MR) is 102 cm³/mol. The molecule has 0 spiro atoms. The van der Waals surface area contributed by atoms with Gasteiger partial charge in [-0.3, -0.25) is 4.90 Å². The molecule has 1 atom stereocenters. The number of hydrogen-bond acceptors (Lipinski definition) is 5. The Morgan fingerprint density at radius 1 is 1.19 bits per heavy atom. The molecule has 26 heavy (non-hydrogen) atoms. The van der Waals surface area contributed by atoms with Crippen LogP contribution in [0.4, 0.5) is 0 Å². The Hall–Kier alpha value is -2.00. The zero-order valence-corrected chi connectivity index (χ0v) is 15.8. The fourth-order valence-corrected chi connectivity index (χ4v) is 4.79. The molecule has 6 nitrogen and oxygen atoms in total. The van der Waals surface area contributed by atoms with Gasteiger partial charge in [-0.1, -0.05) is 0 Å². The van der Waals surface area contributed by atoms with Gasteiger partial charge in [-0.25, -0.2) is 17.8 Å². The molecule has 0 radical (unpaired) electrons. The van der Waals surface area contributed by atoms with Gasteiger partial charge in [-0.2, -0.15) is 16.4 Å². The van der Waals surface area contributed by atoms with Crippen LogP contribution in [-0.2, 0) is 10.0 Å². The van der Waals surface area contributed by atoms with Crippen molar-refractivity contribution in [3.8, 4) is 5.69 Å². The normalized spacial score (nSPS) is 16.3. The number of rotatable bonds is 7. The van der Waals surface area contributed by atoms with E-state index < -0.39 is 10.0 Å². The highest BCUT2D eigenvalue weighted by molar-refractivity contribution is 7.89. The van der Waals surface area contributed by atoms with Crippen molar-refractivity contribution < 1.29 is 8.42 Å². The van der Waals surface area contributed by atoms with Gasteiger partial charge in [0.15, 0.2) is 0 Å². The quantitative estimate of drug-likeness (QED) is 0.676. The fourth-order valence-electron chi connectivity index (χ4n) is 3.05. The van der Waals surface area contributed by atoms with E-state index in [2.05, 4.69) is 26.2 Å². The first-order valence-electron chi connectivity index (χ1n) is 8.49. The molecule has 2 aromatic heterocycles. The minimum Gasteiger partial charge on any atom is -0.295 e. The molecule has 1 fully saturated rings. The SMILES string of the molecule is O=S(=O)(NCC(c1ccsc1)N1CCC1)c1ccc(-n2cccn2)cc1. The Labute approximate surface area is 157 Å². The van der Waals surface area contributed by atoms with E-state index in [0.717, 1.165) is 18.8 Å². The smallest absolute Gasteiger partial charge is 0.240 e. The predicted octanol–water partition coefficient (Wildman–Crippen LogP) is 2.66. The van der Waals surface area contributed by atoms with E-state index in [4.69, 9.17) is 0 Å². The van der Waals surface area contributed by atoms with E-state index in [9.17, 15) is 8.42 Å². The molecular formula is C18H20N4O2S2. The van der Waals surface area contributed by atoms with Crippen molar-refractivity contribution in [3.05, 3.63) is 65.1 Å². The largest absolute Gasteiger partial charge is 0.295 e. The first kappa shape index (κ1) is 17.4. The second-order valence-corrected chi connectivity index (χ2v) is 8.81. The Balaban J connectivity index is 1.48. The van der Waals surface area contributed by atoms with Crippen molar-refractivity contribution in [1.82, 2.24) is 19.4 Å². The molecule has 136 valence electrons. The topological polar surface area (TPSA) is 67.2 Å². The number of nitrogens with one attached hydrogen (secondary N) is 1. The Morgan fingerprint density at radius 3 is 2.58 bits per heavy atom. The van der Waals surface area contributed by atoms with Crippen LogP contribution in [0, 0.1) is 0 Å². The Morgan fingerprint density at radius 2 is 2.00 bits per heavy atom. The molecule has 3 heterocycles. The average molecular weight is 389 g/mol. The van der Waals surface area contributed by atoms with Crippen molar-refractivity contribution in [2.24, 2.45) is 0 Å². The molecule has 1 unspecified atom stereocenters. The van der Waals surface area contributed by atoms with Crippen molar-refractivity contribution in [1.29, 1.82) is 0 Å². The van der Waals surface area contributed by atoms with Crippen molar-refractivity contribution >= 4 is 21.4 Å². The summed E-state index contributed by atoms with van der Waals surface area (Å²) in [6.07, 6.45) is 4.68. The van der Waals surface area contributed by atoms with Gasteiger partial charge in [-0.15, -0.1) is 0 Å². The first-order chi connectivity index (χ1) is 12.6. The highest BCUT2D eigenvalue weighted by atomic mass is 32.2. The number of nitrogens with zero attached hydrogens (tertiary/aromatic N) is 3. The van der Waals surface area contributed by atoms with E-state index in [1.54, 1.807) is 46.5 Å². The lowest BCUT2D eigenvalue weighted by Gasteiger charge is -2.38. The van der Waals surface area contributed by atoms with Gasteiger partial charge in [0.05, 0.1) is 10.6 Å². The highest BCUT2D eigenvalue weighted by Gasteiger charge is 2.27. The molecule has 1 N–H and O–H groups in total. The standard InChI is InChI=1S/C18H20N4O2S2/c23-26(24,17-5-3-16(4-6-17)22-11-1-8-19-22)20-13-18(21-9-2-10-21)15-7-12-25-14-15/h1,3-8,11-12,14,18,20H,2,9-10,13H2. The van der Waals surface area contributed by atoms with Gasteiger partial charge in [0, 0.05) is 38.1 Å². The number of benzene rings is 1. The van der Waals surface area contributed by atoms with Crippen LogP contribution in [0.3, 0.4) is 0 Å². The maximum atomic E-state index is 12.7. The van der Waals surface area contributed by atoms with Crippen LogP contribution in [0.25, 0.3) is 5.69 Å². The zero-order chi connectivity index (χ0) is 18.0. The van der Waals surface area contributed by atoms with E-state index in [1.807, 2.05) is 17.6 Å². The summed E-state index contributed by atoms with van der Waals surface area (Å²) in [4.78, 5) is 2.58. The first-order valence-corrected chi connectivity index (χ1v) is 10.9. The lowest BCUT2D eigenvalue weighted by Crippen LogP contribution is -2.44. The number of hydrogen-bond donors (Lipinski definition) is 1. The average Bonchev–Trinajstić information content (AvgIpc) is 3.30. The molecule has 1 aliphatic heterocycles. The van der Waals surface area contributed by atoms with Crippen molar-refractivity contribution in [2.75, 3.05) is 19.6 Å². The third-order valence-corrected chi connectivity index (χ3v) is 6.78. The summed E-state index contributed by atoms with van der Waals surface area (Å²) in [5.41, 5.74) is 2.00. The monoisotopic (exact) mass is 388 g/mol. The van der Waals surface area contributed by atoms with Crippen LogP contribution in [-0.4, -0.2) is 42.7 Å². The Kier molecular flexibility index (Phi) is 4.90. The number of thiophene rings is 1. The van der Waals surface area contributed by atoms with Gasteiger partial charge in [0.25, 0.3) is 0 Å². The van der Waals surface area contributed by atoms with Crippen molar-refractivity contribution in [2.45, 2.75) is 17.4 Å². The van der Waals surface area contributed by atoms with E-state index >= 15 is 0 Å². The van der Waals surface area contributed by atoms with E-state index in [1.165, 1.54) is 12.0 Å². The maximum Gasteiger partial charge on any atom is 0.240 e. The van der Waals surface area contributed by atoms with Gasteiger partial charge < -0.3 is 0 Å². The molecule has 1 saturated heterocycles. The van der Waals surface area contributed by atoms with Gasteiger partial charge in [-0.05, 0) is 59.1 Å². The third-order valence-electron chi connectivity index (χ3n) is 4.64.